The molecule has 5 rings (SSSR count). The van der Waals surface area contributed by atoms with Crippen molar-refractivity contribution in [2.24, 2.45) is 0 Å². The molecule has 0 unspecified atom stereocenters. The van der Waals surface area contributed by atoms with Gasteiger partial charge >= 0.3 is 6.09 Å². The number of rotatable bonds is 12. The summed E-state index contributed by atoms with van der Waals surface area (Å²) in [6, 6.07) is 8.99. The molecule has 266 valence electrons. The highest BCUT2D eigenvalue weighted by Gasteiger charge is 2.24. The number of halogens is 2. The van der Waals surface area contributed by atoms with Gasteiger partial charge in [-0.05, 0) is 51.0 Å². The van der Waals surface area contributed by atoms with Crippen LogP contribution in [0.5, 0.6) is 5.75 Å². The molecule has 3 heterocycles. The number of aryl methyl sites for hydroxylation is 1. The Morgan fingerprint density at radius 3 is 2.42 bits per heavy atom. The molecular weight excluding hydrogens is 691 g/mol. The van der Waals surface area contributed by atoms with Gasteiger partial charge in [0, 0.05) is 24.0 Å². The fourth-order valence-electron chi connectivity index (χ4n) is 5.00. The standard InChI is InChI=1S/C34H38F2N6O6S2/c1-20-31(50-19-39-20)22-7-5-21(6-8-22)25(41-33(45)48-34(2,3)4)15-27(43)37-18-38-28(44)16-47-30-23(9-10-24(35)29(30)36)26-17-49-32(40-26)42-11-13-46-14-12-42/h5-10,17,19,25H,11-16,18H2,1-4H3,(H,37,43)(H,38,44)(H,41,45)/t25-/m0/s1. The van der Waals surface area contributed by atoms with Crippen LogP contribution >= 0.6 is 22.7 Å². The van der Waals surface area contributed by atoms with Gasteiger partial charge in [-0.15, -0.1) is 22.7 Å². The molecule has 12 nitrogen and oxygen atoms in total. The van der Waals surface area contributed by atoms with Crippen LogP contribution in [0.4, 0.5) is 18.7 Å². The second kappa shape index (κ2) is 16.4. The maximum Gasteiger partial charge on any atom is 0.408 e. The molecule has 2 aromatic heterocycles. The van der Waals surface area contributed by atoms with Gasteiger partial charge in [0.25, 0.3) is 5.91 Å². The molecule has 1 fully saturated rings. The molecule has 1 aliphatic heterocycles. The van der Waals surface area contributed by atoms with E-state index in [4.69, 9.17) is 14.2 Å². The van der Waals surface area contributed by atoms with Gasteiger partial charge < -0.3 is 35.1 Å². The van der Waals surface area contributed by atoms with Crippen LogP contribution in [0.1, 0.15) is 44.5 Å². The summed E-state index contributed by atoms with van der Waals surface area (Å²) in [5.41, 5.74) is 4.10. The molecule has 0 saturated carbocycles. The van der Waals surface area contributed by atoms with Gasteiger partial charge in [-0.1, -0.05) is 24.3 Å². The molecule has 2 aromatic carbocycles. The third-order valence-electron chi connectivity index (χ3n) is 7.42. The van der Waals surface area contributed by atoms with Crippen LogP contribution in [-0.2, 0) is 19.1 Å². The largest absolute Gasteiger partial charge is 0.480 e. The van der Waals surface area contributed by atoms with Crippen molar-refractivity contribution < 1.29 is 37.4 Å². The van der Waals surface area contributed by atoms with Gasteiger partial charge in [-0.25, -0.2) is 19.2 Å². The predicted molar refractivity (Wildman–Crippen MR) is 186 cm³/mol. The van der Waals surface area contributed by atoms with Gasteiger partial charge in [-0.3, -0.25) is 9.59 Å². The zero-order valence-corrected chi connectivity index (χ0v) is 29.6. The summed E-state index contributed by atoms with van der Waals surface area (Å²) >= 11 is 2.87. The Hall–Kier alpha value is -4.67. The molecule has 4 aromatic rings. The monoisotopic (exact) mass is 728 g/mol. The van der Waals surface area contributed by atoms with Crippen molar-refractivity contribution in [3.8, 4) is 27.4 Å². The molecule has 0 aliphatic carbocycles. The summed E-state index contributed by atoms with van der Waals surface area (Å²) in [5, 5.41) is 10.2. The summed E-state index contributed by atoms with van der Waals surface area (Å²) in [6.07, 6.45) is -0.857. The van der Waals surface area contributed by atoms with E-state index in [1.807, 2.05) is 36.1 Å². The van der Waals surface area contributed by atoms with Crippen LogP contribution in [0, 0.1) is 18.6 Å². The number of morpholine rings is 1. The third-order valence-corrected chi connectivity index (χ3v) is 9.30. The number of carbonyl (C=O) groups is 3. The third kappa shape index (κ3) is 9.73. The topological polar surface area (TPSA) is 144 Å². The van der Waals surface area contributed by atoms with Crippen molar-refractivity contribution >= 4 is 45.7 Å². The van der Waals surface area contributed by atoms with E-state index in [0.717, 1.165) is 22.2 Å². The zero-order valence-electron chi connectivity index (χ0n) is 28.0. The molecule has 0 bridgehead atoms. The van der Waals surface area contributed by atoms with Gasteiger partial charge in [0.05, 0.1) is 54.1 Å². The van der Waals surface area contributed by atoms with E-state index >= 15 is 0 Å². The van der Waals surface area contributed by atoms with Crippen LogP contribution in [0.15, 0.2) is 47.3 Å². The number of nitrogens with one attached hydrogen (secondary N) is 3. The van der Waals surface area contributed by atoms with Crippen molar-refractivity contribution in [1.82, 2.24) is 25.9 Å². The van der Waals surface area contributed by atoms with Gasteiger partial charge in [0.15, 0.2) is 23.3 Å². The number of aromatic nitrogens is 2. The zero-order chi connectivity index (χ0) is 35.8. The van der Waals surface area contributed by atoms with Crippen molar-refractivity contribution in [2.45, 2.75) is 45.8 Å². The summed E-state index contributed by atoms with van der Waals surface area (Å²) in [4.78, 5) is 50.1. The molecular formula is C34H38F2N6O6S2. The number of anilines is 1. The fraction of sp³-hybridized carbons (Fsp3) is 0.382. The number of hydrogen-bond donors (Lipinski definition) is 3. The Bertz CT molecular complexity index is 1800. The van der Waals surface area contributed by atoms with Crippen molar-refractivity contribution in [2.75, 3.05) is 44.5 Å². The van der Waals surface area contributed by atoms with E-state index in [0.29, 0.717) is 42.7 Å². The normalized spacial score (nSPS) is 13.8. The molecule has 50 heavy (non-hydrogen) atoms. The van der Waals surface area contributed by atoms with Crippen LogP contribution in [0.3, 0.4) is 0 Å². The van der Waals surface area contributed by atoms with Crippen LogP contribution in [0.25, 0.3) is 21.7 Å². The fourth-order valence-corrected chi connectivity index (χ4v) is 6.69. The Morgan fingerprint density at radius 1 is 1.02 bits per heavy atom. The van der Waals surface area contributed by atoms with E-state index in [2.05, 4.69) is 25.9 Å². The first-order valence-electron chi connectivity index (χ1n) is 15.8. The average Bonchev–Trinajstić information content (AvgIpc) is 3.74. The summed E-state index contributed by atoms with van der Waals surface area (Å²) in [6.45, 7) is 8.64. The highest BCUT2D eigenvalue weighted by atomic mass is 32.1. The lowest BCUT2D eigenvalue weighted by atomic mass is 10.0. The number of hydrogen-bond acceptors (Lipinski definition) is 11. The minimum atomic E-state index is -1.25. The lowest BCUT2D eigenvalue weighted by Gasteiger charge is -2.26. The van der Waals surface area contributed by atoms with Crippen LogP contribution in [-0.4, -0.2) is 73.1 Å². The van der Waals surface area contributed by atoms with Gasteiger partial charge in [-0.2, -0.15) is 4.39 Å². The molecule has 1 saturated heterocycles. The molecule has 0 radical (unpaired) electrons. The van der Waals surface area contributed by atoms with E-state index in [-0.39, 0.29) is 18.7 Å². The second-order valence-corrected chi connectivity index (χ2v) is 14.0. The van der Waals surface area contributed by atoms with E-state index in [9.17, 15) is 23.2 Å². The van der Waals surface area contributed by atoms with Gasteiger partial charge in [0.2, 0.25) is 11.7 Å². The number of benzene rings is 2. The second-order valence-electron chi connectivity index (χ2n) is 12.3. The Labute approximate surface area is 296 Å². The Morgan fingerprint density at radius 2 is 1.74 bits per heavy atom. The number of carbonyl (C=O) groups excluding carboxylic acids is 3. The van der Waals surface area contributed by atoms with E-state index < -0.39 is 53.5 Å². The first-order chi connectivity index (χ1) is 23.9. The molecule has 0 spiro atoms. The molecule has 3 amide bonds. The lowest BCUT2D eigenvalue weighted by molar-refractivity contribution is -0.124. The van der Waals surface area contributed by atoms with Crippen LogP contribution < -0.4 is 25.6 Å². The smallest absolute Gasteiger partial charge is 0.408 e. The number of amides is 3. The maximum absolute atomic E-state index is 14.9. The first-order valence-corrected chi connectivity index (χ1v) is 17.6. The van der Waals surface area contributed by atoms with Crippen molar-refractivity contribution in [3.05, 3.63) is 70.2 Å². The molecule has 16 heteroatoms. The quantitative estimate of drug-likeness (QED) is 0.159. The van der Waals surface area contributed by atoms with E-state index in [1.165, 1.54) is 28.7 Å². The minimum Gasteiger partial charge on any atom is -0.480 e. The van der Waals surface area contributed by atoms with Crippen molar-refractivity contribution in [3.63, 3.8) is 0 Å². The van der Waals surface area contributed by atoms with E-state index in [1.54, 1.807) is 31.7 Å². The maximum atomic E-state index is 14.9. The number of thiazole rings is 2. The lowest BCUT2D eigenvalue weighted by Crippen LogP contribution is -2.41. The van der Waals surface area contributed by atoms with Gasteiger partial charge in [0.1, 0.15) is 5.60 Å². The molecule has 3 N–H and O–H groups in total. The molecule has 1 atom stereocenters. The van der Waals surface area contributed by atoms with Crippen LogP contribution in [0.2, 0.25) is 0 Å². The number of alkyl carbamates (subject to hydrolysis) is 1. The molecule has 1 aliphatic rings. The summed E-state index contributed by atoms with van der Waals surface area (Å²) in [5.74, 6) is -4.00. The summed E-state index contributed by atoms with van der Waals surface area (Å²) < 4.78 is 45.3. The Balaban J connectivity index is 1.17. The Kier molecular flexibility index (Phi) is 12.0. The average molecular weight is 729 g/mol. The highest BCUT2D eigenvalue weighted by molar-refractivity contribution is 7.14. The minimum absolute atomic E-state index is 0.164. The SMILES string of the molecule is Cc1ncsc1-c1ccc([C@H](CC(=O)NCNC(=O)COc2c(-c3csc(N4CCOCC4)n3)ccc(F)c2F)NC(=O)OC(C)(C)C)cc1. The van der Waals surface area contributed by atoms with Crippen molar-refractivity contribution in [1.29, 1.82) is 0 Å². The highest BCUT2D eigenvalue weighted by Crippen LogP contribution is 2.36. The number of ether oxygens (including phenoxy) is 3. The predicted octanol–water partition coefficient (Wildman–Crippen LogP) is 5.58. The number of nitrogens with zero attached hydrogens (tertiary/aromatic N) is 3. The summed E-state index contributed by atoms with van der Waals surface area (Å²) in [7, 11) is 0. The first kappa shape index (κ1) is 36.6.